The zero-order chi connectivity index (χ0) is 19.1. The molecule has 1 N–H and O–H groups in total. The summed E-state index contributed by atoms with van der Waals surface area (Å²) < 4.78 is 5.09. The van der Waals surface area contributed by atoms with Crippen LogP contribution in [-0.4, -0.2) is 23.8 Å². The van der Waals surface area contributed by atoms with Gasteiger partial charge in [0.1, 0.15) is 10.8 Å². The van der Waals surface area contributed by atoms with Gasteiger partial charge < -0.3 is 10.1 Å². The van der Waals surface area contributed by atoms with Gasteiger partial charge >= 0.3 is 0 Å². The molecule has 2 aromatic rings. The number of rotatable bonds is 9. The zero-order valence-electron chi connectivity index (χ0n) is 15.7. The minimum Gasteiger partial charge on any atom is -0.497 e. The van der Waals surface area contributed by atoms with Crippen molar-refractivity contribution in [2.75, 3.05) is 7.11 Å². The minimum atomic E-state index is -0.120. The molecule has 5 nitrogen and oxygen atoms in total. The van der Waals surface area contributed by atoms with Crippen LogP contribution in [0.3, 0.4) is 0 Å². The number of hydrogen-bond donors (Lipinski definition) is 1. The second kappa shape index (κ2) is 9.48. The van der Waals surface area contributed by atoms with Gasteiger partial charge in [-0.1, -0.05) is 13.8 Å². The Kier molecular flexibility index (Phi) is 7.33. The molecule has 0 saturated heterocycles. The lowest BCUT2D eigenvalue weighted by atomic mass is 10.0. The quantitative estimate of drug-likeness (QED) is 0.664. The highest BCUT2D eigenvalue weighted by Crippen LogP contribution is 2.24. The summed E-state index contributed by atoms with van der Waals surface area (Å²) in [6.45, 7) is 6.18. The Balaban J connectivity index is 1.91. The topological polar surface area (TPSA) is 68.3 Å². The fourth-order valence-electron chi connectivity index (χ4n) is 2.64. The number of methoxy groups -OCH3 is 1. The normalized spacial score (nSPS) is 12.0. The molecule has 1 unspecified atom stereocenters. The molecule has 0 aliphatic heterocycles. The Bertz CT molecular complexity index is 738. The third-order valence-electron chi connectivity index (χ3n) is 3.97. The molecule has 0 bridgehead atoms. The first-order valence-corrected chi connectivity index (χ1v) is 9.65. The van der Waals surface area contributed by atoms with Crippen molar-refractivity contribution < 1.29 is 14.3 Å². The summed E-state index contributed by atoms with van der Waals surface area (Å²) >= 11 is 1.56. The first kappa shape index (κ1) is 20.1. The van der Waals surface area contributed by atoms with Crippen LogP contribution in [0, 0.1) is 12.8 Å². The van der Waals surface area contributed by atoms with E-state index in [-0.39, 0.29) is 30.6 Å². The van der Waals surface area contributed by atoms with E-state index in [0.717, 1.165) is 17.1 Å². The van der Waals surface area contributed by atoms with Crippen LogP contribution >= 0.6 is 11.3 Å². The highest BCUT2D eigenvalue weighted by molar-refractivity contribution is 7.09. The van der Waals surface area contributed by atoms with Crippen molar-refractivity contribution >= 4 is 23.0 Å². The number of Topliss-reactive ketones (excluding diaryl/α,β-unsaturated/α-hetero) is 1. The molecule has 1 aromatic carbocycles. The molecule has 2 rings (SSSR count). The standard InChI is InChI=1S/C20H26N2O3S/c1-13(2)11-17(20-21-14(3)12-26-20)22-19(24)10-9-18(23)15-5-7-16(25-4)8-6-15/h5-8,12-13,17H,9-11H2,1-4H3,(H,22,24). The van der Waals surface area contributed by atoms with Gasteiger partial charge in [0, 0.05) is 29.5 Å². The lowest BCUT2D eigenvalue weighted by Crippen LogP contribution is -2.29. The number of nitrogens with one attached hydrogen (secondary N) is 1. The maximum atomic E-state index is 12.3. The molecule has 6 heteroatoms. The Morgan fingerprint density at radius 1 is 1.19 bits per heavy atom. The fraction of sp³-hybridized carbons (Fsp3) is 0.450. The van der Waals surface area contributed by atoms with Crippen LogP contribution in [0.5, 0.6) is 5.75 Å². The van der Waals surface area contributed by atoms with Crippen molar-refractivity contribution in [3.63, 3.8) is 0 Å². The molecule has 26 heavy (non-hydrogen) atoms. The summed E-state index contributed by atoms with van der Waals surface area (Å²) in [5.74, 6) is 0.971. The molecule has 0 aliphatic carbocycles. The SMILES string of the molecule is COc1ccc(C(=O)CCC(=O)NC(CC(C)C)c2nc(C)cs2)cc1. The van der Waals surface area contributed by atoms with Crippen LogP contribution in [0.1, 0.15) is 60.2 Å². The predicted octanol–water partition coefficient (Wildman–Crippen LogP) is 4.33. The Hall–Kier alpha value is -2.21. The van der Waals surface area contributed by atoms with Gasteiger partial charge in [0.25, 0.3) is 0 Å². The van der Waals surface area contributed by atoms with Crippen LogP contribution in [0.25, 0.3) is 0 Å². The van der Waals surface area contributed by atoms with E-state index in [1.807, 2.05) is 12.3 Å². The molecule has 0 aliphatic rings. The summed E-state index contributed by atoms with van der Waals surface area (Å²) in [4.78, 5) is 29.1. The number of aromatic nitrogens is 1. The van der Waals surface area contributed by atoms with E-state index in [0.29, 0.717) is 17.2 Å². The molecule has 0 radical (unpaired) electrons. The van der Waals surface area contributed by atoms with Crippen molar-refractivity contribution in [1.29, 1.82) is 0 Å². The molecule has 0 saturated carbocycles. The van der Waals surface area contributed by atoms with Crippen LogP contribution in [-0.2, 0) is 4.79 Å². The van der Waals surface area contributed by atoms with E-state index in [1.54, 1.807) is 42.7 Å². The average Bonchev–Trinajstić information content (AvgIpc) is 3.05. The molecular weight excluding hydrogens is 348 g/mol. The summed E-state index contributed by atoms with van der Waals surface area (Å²) in [5, 5.41) is 5.95. The molecule has 1 aromatic heterocycles. The van der Waals surface area contributed by atoms with Gasteiger partial charge in [-0.05, 0) is 43.5 Å². The van der Waals surface area contributed by atoms with Crippen molar-refractivity contribution in [3.8, 4) is 5.75 Å². The predicted molar refractivity (Wildman–Crippen MR) is 104 cm³/mol. The van der Waals surface area contributed by atoms with E-state index in [1.165, 1.54) is 0 Å². The fourth-order valence-corrected chi connectivity index (χ4v) is 3.50. The first-order valence-electron chi connectivity index (χ1n) is 8.77. The van der Waals surface area contributed by atoms with Gasteiger partial charge in [-0.3, -0.25) is 9.59 Å². The van der Waals surface area contributed by atoms with Crippen LogP contribution in [0.15, 0.2) is 29.6 Å². The summed E-state index contributed by atoms with van der Waals surface area (Å²) in [6, 6.07) is 6.84. The van der Waals surface area contributed by atoms with Gasteiger partial charge in [-0.2, -0.15) is 0 Å². The molecule has 1 heterocycles. The van der Waals surface area contributed by atoms with Gasteiger partial charge in [-0.25, -0.2) is 4.98 Å². The number of nitrogens with zero attached hydrogens (tertiary/aromatic N) is 1. The van der Waals surface area contributed by atoms with Crippen molar-refractivity contribution in [3.05, 3.63) is 45.9 Å². The lowest BCUT2D eigenvalue weighted by Gasteiger charge is -2.18. The molecule has 1 amide bonds. The average molecular weight is 375 g/mol. The number of carbonyl (C=O) groups excluding carboxylic acids is 2. The number of ether oxygens (including phenoxy) is 1. The Morgan fingerprint density at radius 3 is 2.42 bits per heavy atom. The van der Waals surface area contributed by atoms with Crippen LogP contribution in [0.2, 0.25) is 0 Å². The Morgan fingerprint density at radius 2 is 1.88 bits per heavy atom. The van der Waals surface area contributed by atoms with Gasteiger partial charge in [0.15, 0.2) is 5.78 Å². The van der Waals surface area contributed by atoms with Gasteiger partial charge in [0.05, 0.1) is 13.2 Å². The van der Waals surface area contributed by atoms with E-state index >= 15 is 0 Å². The second-order valence-electron chi connectivity index (χ2n) is 6.73. The summed E-state index contributed by atoms with van der Waals surface area (Å²) in [6.07, 6.45) is 1.18. The van der Waals surface area contributed by atoms with Crippen molar-refractivity contribution in [2.45, 2.75) is 46.1 Å². The molecule has 0 fully saturated rings. The van der Waals surface area contributed by atoms with Gasteiger partial charge in [-0.15, -0.1) is 11.3 Å². The number of amides is 1. The third kappa shape index (κ3) is 5.95. The van der Waals surface area contributed by atoms with Gasteiger partial charge in [0.2, 0.25) is 5.91 Å². The molecule has 1 atom stereocenters. The molecule has 0 spiro atoms. The number of aryl methyl sites for hydroxylation is 1. The monoisotopic (exact) mass is 374 g/mol. The largest absolute Gasteiger partial charge is 0.497 e. The number of benzene rings is 1. The zero-order valence-corrected chi connectivity index (χ0v) is 16.6. The number of thiazole rings is 1. The highest BCUT2D eigenvalue weighted by Gasteiger charge is 2.19. The number of carbonyl (C=O) groups is 2. The van der Waals surface area contributed by atoms with Crippen molar-refractivity contribution in [2.24, 2.45) is 5.92 Å². The second-order valence-corrected chi connectivity index (χ2v) is 7.62. The van der Waals surface area contributed by atoms with E-state index in [4.69, 9.17) is 4.74 Å². The number of ketones is 1. The summed E-state index contributed by atoms with van der Waals surface area (Å²) in [5.41, 5.74) is 1.55. The maximum absolute atomic E-state index is 12.3. The summed E-state index contributed by atoms with van der Waals surface area (Å²) in [7, 11) is 1.58. The van der Waals surface area contributed by atoms with Crippen molar-refractivity contribution in [1.82, 2.24) is 10.3 Å². The lowest BCUT2D eigenvalue weighted by molar-refractivity contribution is -0.121. The molecule has 140 valence electrons. The number of hydrogen-bond acceptors (Lipinski definition) is 5. The van der Waals surface area contributed by atoms with Crippen LogP contribution < -0.4 is 10.1 Å². The highest BCUT2D eigenvalue weighted by atomic mass is 32.1. The minimum absolute atomic E-state index is 0.0479. The third-order valence-corrected chi connectivity index (χ3v) is 5.04. The smallest absolute Gasteiger partial charge is 0.221 e. The van der Waals surface area contributed by atoms with E-state index in [9.17, 15) is 9.59 Å². The first-order chi connectivity index (χ1) is 12.4. The van der Waals surface area contributed by atoms with E-state index < -0.39 is 0 Å². The Labute approximate surface area is 158 Å². The maximum Gasteiger partial charge on any atom is 0.221 e. The van der Waals surface area contributed by atoms with E-state index in [2.05, 4.69) is 24.1 Å². The molecular formula is C20H26N2O3S. The van der Waals surface area contributed by atoms with Crippen LogP contribution in [0.4, 0.5) is 0 Å².